The van der Waals surface area contributed by atoms with E-state index in [0.717, 1.165) is 15.8 Å². The molecule has 0 aliphatic heterocycles. The summed E-state index contributed by atoms with van der Waals surface area (Å²) in [5.74, 6) is 0.877. The van der Waals surface area contributed by atoms with E-state index in [1.54, 1.807) is 0 Å². The Kier molecular flexibility index (Phi) is 4.92. The smallest absolute Gasteiger partial charge is 0.120 e. The van der Waals surface area contributed by atoms with Crippen molar-refractivity contribution in [1.29, 1.82) is 0 Å². The molecule has 0 saturated heterocycles. The second kappa shape index (κ2) is 6.72. The lowest BCUT2D eigenvalue weighted by molar-refractivity contribution is 0.340. The Balaban J connectivity index is 1.87. The van der Waals surface area contributed by atoms with Crippen LogP contribution in [0.15, 0.2) is 28.7 Å². The minimum absolute atomic E-state index is 0.0920. The van der Waals surface area contributed by atoms with E-state index in [4.69, 9.17) is 16.3 Å². The van der Waals surface area contributed by atoms with Gasteiger partial charge >= 0.3 is 0 Å². The molecular weight excluding hydrogens is 368 g/mol. The summed E-state index contributed by atoms with van der Waals surface area (Å²) < 4.78 is 6.54. The summed E-state index contributed by atoms with van der Waals surface area (Å²) in [6.07, 6.45) is 5.05. The molecule has 1 atom stereocenters. The fourth-order valence-electron chi connectivity index (χ4n) is 2.76. The predicted molar refractivity (Wildman–Crippen MR) is 94.0 cm³/mol. The van der Waals surface area contributed by atoms with Crippen LogP contribution in [0.4, 0.5) is 0 Å². The van der Waals surface area contributed by atoms with Crippen LogP contribution in [-0.4, -0.2) is 6.61 Å². The minimum Gasteiger partial charge on any atom is -0.494 e. The summed E-state index contributed by atoms with van der Waals surface area (Å²) in [5, 5.41) is -0.0920. The van der Waals surface area contributed by atoms with Gasteiger partial charge in [-0.05, 0) is 61.9 Å². The average molecular weight is 386 g/mol. The van der Waals surface area contributed by atoms with Gasteiger partial charge in [0.1, 0.15) is 5.75 Å². The van der Waals surface area contributed by atoms with Crippen LogP contribution in [0.5, 0.6) is 5.75 Å². The topological polar surface area (TPSA) is 9.23 Å². The lowest BCUT2D eigenvalue weighted by Crippen LogP contribution is -1.96. The molecule has 1 nitrogen and oxygen atoms in total. The highest BCUT2D eigenvalue weighted by Crippen LogP contribution is 2.41. The average Bonchev–Trinajstić information content (AvgIpc) is 2.91. The molecule has 0 radical (unpaired) electrons. The summed E-state index contributed by atoms with van der Waals surface area (Å²) in [6.45, 7) is 2.66. The van der Waals surface area contributed by atoms with Crippen LogP contribution in [0.2, 0.25) is 0 Å². The van der Waals surface area contributed by atoms with Gasteiger partial charge in [-0.2, -0.15) is 0 Å². The van der Waals surface area contributed by atoms with Crippen molar-refractivity contribution in [2.75, 3.05) is 6.61 Å². The Labute approximate surface area is 143 Å². The highest BCUT2D eigenvalue weighted by atomic mass is 79.9. The standard InChI is InChI=1S/C17H18BrClOS/c1-2-20-12-7-8-13(14(18)10-12)17(19)16-9-11-5-3-4-6-15(11)21-16/h7-10,17H,2-6H2,1H3. The monoisotopic (exact) mass is 384 g/mol. The molecule has 1 aromatic heterocycles. The van der Waals surface area contributed by atoms with Gasteiger partial charge in [-0.1, -0.05) is 22.0 Å². The summed E-state index contributed by atoms with van der Waals surface area (Å²) in [5.41, 5.74) is 2.62. The molecule has 1 unspecified atom stereocenters. The van der Waals surface area contributed by atoms with Crippen LogP contribution in [0, 0.1) is 0 Å². The van der Waals surface area contributed by atoms with E-state index in [1.807, 2.05) is 30.4 Å². The highest BCUT2D eigenvalue weighted by Gasteiger charge is 2.20. The summed E-state index contributed by atoms with van der Waals surface area (Å²) in [4.78, 5) is 2.79. The van der Waals surface area contributed by atoms with Gasteiger partial charge < -0.3 is 4.74 Å². The highest BCUT2D eigenvalue weighted by molar-refractivity contribution is 9.10. The maximum Gasteiger partial charge on any atom is 0.120 e. The Morgan fingerprint density at radius 3 is 2.81 bits per heavy atom. The third-order valence-corrected chi connectivity index (χ3v) is 6.41. The summed E-state index contributed by atoms with van der Waals surface area (Å²) in [6, 6.07) is 8.36. The lowest BCUT2D eigenvalue weighted by Gasteiger charge is -2.12. The van der Waals surface area contributed by atoms with Crippen molar-refractivity contribution in [3.05, 3.63) is 49.6 Å². The zero-order valence-corrected chi connectivity index (χ0v) is 15.2. The number of halogens is 2. The van der Waals surface area contributed by atoms with Crippen LogP contribution in [0.1, 0.15) is 46.0 Å². The molecule has 0 fully saturated rings. The number of thiophene rings is 1. The Morgan fingerprint density at radius 1 is 1.29 bits per heavy atom. The molecule has 1 aliphatic rings. The van der Waals surface area contributed by atoms with Gasteiger partial charge in [-0.3, -0.25) is 0 Å². The number of benzene rings is 1. The van der Waals surface area contributed by atoms with Gasteiger partial charge in [-0.15, -0.1) is 22.9 Å². The van der Waals surface area contributed by atoms with E-state index < -0.39 is 0 Å². The number of aryl methyl sites for hydroxylation is 2. The van der Waals surface area contributed by atoms with Crippen LogP contribution in [0.3, 0.4) is 0 Å². The first-order valence-corrected chi connectivity index (χ1v) is 9.41. The summed E-state index contributed by atoms with van der Waals surface area (Å²) >= 11 is 12.2. The van der Waals surface area contributed by atoms with Crippen molar-refractivity contribution >= 4 is 38.9 Å². The maximum atomic E-state index is 6.73. The van der Waals surface area contributed by atoms with Crippen molar-refractivity contribution in [1.82, 2.24) is 0 Å². The Bertz CT molecular complexity index is 614. The second-order valence-corrected chi connectivity index (χ2v) is 7.74. The molecule has 0 N–H and O–H groups in total. The van der Waals surface area contributed by atoms with Gasteiger partial charge in [0.25, 0.3) is 0 Å². The fourth-order valence-corrected chi connectivity index (χ4v) is 5.12. The van der Waals surface area contributed by atoms with Crippen molar-refractivity contribution in [2.45, 2.75) is 38.0 Å². The molecule has 0 amide bonds. The van der Waals surface area contributed by atoms with Gasteiger partial charge in [0.15, 0.2) is 0 Å². The molecule has 1 aliphatic carbocycles. The third kappa shape index (κ3) is 3.30. The van der Waals surface area contributed by atoms with Crippen molar-refractivity contribution in [2.24, 2.45) is 0 Å². The zero-order chi connectivity index (χ0) is 14.8. The summed E-state index contributed by atoms with van der Waals surface area (Å²) in [7, 11) is 0. The van der Waals surface area contributed by atoms with Crippen LogP contribution in [0.25, 0.3) is 0 Å². The van der Waals surface area contributed by atoms with Gasteiger partial charge in [-0.25, -0.2) is 0 Å². The van der Waals surface area contributed by atoms with Crippen molar-refractivity contribution < 1.29 is 4.74 Å². The lowest BCUT2D eigenvalue weighted by atomic mass is 9.98. The SMILES string of the molecule is CCOc1ccc(C(Cl)c2cc3c(s2)CCCC3)c(Br)c1. The molecule has 4 heteroatoms. The number of ether oxygens (including phenoxy) is 1. The van der Waals surface area contributed by atoms with Crippen LogP contribution < -0.4 is 4.74 Å². The molecule has 2 aromatic rings. The fraction of sp³-hybridized carbons (Fsp3) is 0.412. The maximum absolute atomic E-state index is 6.73. The number of hydrogen-bond donors (Lipinski definition) is 0. The molecule has 112 valence electrons. The van der Waals surface area contributed by atoms with Crippen LogP contribution >= 0.6 is 38.9 Å². The Morgan fingerprint density at radius 2 is 2.10 bits per heavy atom. The van der Waals surface area contributed by atoms with Crippen molar-refractivity contribution in [3.63, 3.8) is 0 Å². The van der Waals surface area contributed by atoms with E-state index in [0.29, 0.717) is 6.61 Å². The molecule has 0 saturated carbocycles. The molecule has 21 heavy (non-hydrogen) atoms. The first-order valence-electron chi connectivity index (χ1n) is 7.37. The van der Waals surface area contributed by atoms with Gasteiger partial charge in [0.2, 0.25) is 0 Å². The number of hydrogen-bond acceptors (Lipinski definition) is 2. The largest absolute Gasteiger partial charge is 0.494 e. The predicted octanol–water partition coefficient (Wildman–Crippen LogP) is 6.12. The van der Waals surface area contributed by atoms with Crippen LogP contribution in [-0.2, 0) is 12.8 Å². The normalized spacial score (nSPS) is 15.6. The molecule has 3 rings (SSSR count). The molecule has 0 bridgehead atoms. The molecule has 0 spiro atoms. The van der Waals surface area contributed by atoms with E-state index in [9.17, 15) is 0 Å². The number of rotatable bonds is 4. The van der Waals surface area contributed by atoms with E-state index in [2.05, 4.69) is 28.1 Å². The van der Waals surface area contributed by atoms with E-state index >= 15 is 0 Å². The zero-order valence-electron chi connectivity index (χ0n) is 12.0. The first kappa shape index (κ1) is 15.4. The Hall–Kier alpha value is -0.510. The second-order valence-electron chi connectivity index (χ2n) is 5.28. The van der Waals surface area contributed by atoms with Gasteiger partial charge in [0.05, 0.1) is 12.0 Å². The number of alkyl halides is 1. The first-order chi connectivity index (χ1) is 10.2. The molecular formula is C17H18BrClOS. The third-order valence-electron chi connectivity index (χ3n) is 3.82. The minimum atomic E-state index is -0.0920. The quantitative estimate of drug-likeness (QED) is 0.576. The van der Waals surface area contributed by atoms with E-state index in [1.165, 1.54) is 41.0 Å². The van der Waals surface area contributed by atoms with E-state index in [-0.39, 0.29) is 5.38 Å². The van der Waals surface area contributed by atoms with Gasteiger partial charge in [0, 0.05) is 14.2 Å². The molecule has 1 heterocycles. The van der Waals surface area contributed by atoms with Crippen molar-refractivity contribution in [3.8, 4) is 5.75 Å². The number of fused-ring (bicyclic) bond motifs is 1. The molecule has 1 aromatic carbocycles.